The molecule has 158 valence electrons. The van der Waals surface area contributed by atoms with Gasteiger partial charge in [0.15, 0.2) is 15.5 Å². The van der Waals surface area contributed by atoms with Gasteiger partial charge in [-0.25, -0.2) is 13.4 Å². The van der Waals surface area contributed by atoms with E-state index >= 15 is 0 Å². The molecule has 0 aliphatic carbocycles. The van der Waals surface area contributed by atoms with E-state index in [1.165, 1.54) is 34.5 Å². The molecule has 0 bridgehead atoms. The Labute approximate surface area is 187 Å². The minimum atomic E-state index is -3.83. The fourth-order valence-electron chi connectivity index (χ4n) is 3.16. The number of nitro groups is 1. The molecule has 0 atom stereocenters. The zero-order valence-corrected chi connectivity index (χ0v) is 18.6. The first-order valence-corrected chi connectivity index (χ1v) is 12.0. The number of rotatable bonds is 6. The number of hydrogen-bond donors (Lipinski definition) is 0. The number of hydrogen-bond acceptors (Lipinski definition) is 6. The summed E-state index contributed by atoms with van der Waals surface area (Å²) in [6, 6.07) is 17.2. The van der Waals surface area contributed by atoms with Crippen LogP contribution in [0.3, 0.4) is 0 Å². The highest BCUT2D eigenvalue weighted by molar-refractivity contribution is 7.99. The number of nitrogens with zero attached hydrogens (tertiary/aromatic N) is 3. The molecule has 0 N–H and O–H groups in total. The van der Waals surface area contributed by atoms with Crippen LogP contribution in [0.25, 0.3) is 5.65 Å². The molecule has 31 heavy (non-hydrogen) atoms. The van der Waals surface area contributed by atoms with Gasteiger partial charge in [-0.05, 0) is 41.7 Å². The van der Waals surface area contributed by atoms with Crippen LogP contribution in [0.2, 0.25) is 5.02 Å². The van der Waals surface area contributed by atoms with E-state index in [1.807, 2.05) is 31.2 Å². The highest BCUT2D eigenvalue weighted by Gasteiger charge is 2.30. The van der Waals surface area contributed by atoms with E-state index in [1.54, 1.807) is 24.3 Å². The lowest BCUT2D eigenvalue weighted by Gasteiger charge is -2.05. The Kier molecular flexibility index (Phi) is 5.74. The van der Waals surface area contributed by atoms with Crippen LogP contribution in [0, 0.1) is 17.0 Å². The molecule has 0 unspecified atom stereocenters. The lowest BCUT2D eigenvalue weighted by molar-refractivity contribution is -0.391. The minimum Gasteiger partial charge on any atom is -0.358 e. The second-order valence-electron chi connectivity index (χ2n) is 6.80. The summed E-state index contributed by atoms with van der Waals surface area (Å²) in [5.74, 6) is -1.01. The first-order valence-electron chi connectivity index (χ1n) is 9.12. The number of sulfone groups is 1. The Bertz CT molecular complexity index is 1400. The number of imidazole rings is 1. The van der Waals surface area contributed by atoms with E-state index in [0.717, 1.165) is 10.5 Å². The SMILES string of the molecule is Cc1ccccc1Sc1cc(Cl)cn2c([N+](=O)[O-])c(CS(=O)(=O)c3ccccc3)nc12. The summed E-state index contributed by atoms with van der Waals surface area (Å²) < 4.78 is 26.9. The molecule has 0 radical (unpaired) electrons. The summed E-state index contributed by atoms with van der Waals surface area (Å²) in [7, 11) is -3.83. The second-order valence-corrected chi connectivity index (χ2v) is 10.3. The maximum absolute atomic E-state index is 12.8. The molecular formula is C21H16ClN3O4S2. The molecule has 7 nitrogen and oxygen atoms in total. The van der Waals surface area contributed by atoms with Crippen LogP contribution in [0.1, 0.15) is 11.3 Å². The quantitative estimate of drug-likeness (QED) is 0.277. The van der Waals surface area contributed by atoms with Gasteiger partial charge in [-0.2, -0.15) is 4.40 Å². The van der Waals surface area contributed by atoms with E-state index in [-0.39, 0.29) is 21.3 Å². The second kappa shape index (κ2) is 8.33. The van der Waals surface area contributed by atoms with Crippen LogP contribution >= 0.6 is 23.4 Å². The molecule has 2 aromatic heterocycles. The van der Waals surface area contributed by atoms with Gasteiger partial charge < -0.3 is 10.1 Å². The Hall–Kier alpha value is -2.88. The highest BCUT2D eigenvalue weighted by Crippen LogP contribution is 2.37. The smallest absolute Gasteiger partial charge is 0.352 e. The number of benzene rings is 2. The van der Waals surface area contributed by atoms with Crippen molar-refractivity contribution < 1.29 is 13.3 Å². The van der Waals surface area contributed by atoms with Crippen LogP contribution in [-0.4, -0.2) is 22.7 Å². The standard InChI is InChI=1S/C21H16ClN3O4S2/c1-14-7-5-6-10-18(14)30-19-11-15(22)12-24-20(19)23-17(21(24)25(26)27)13-31(28,29)16-8-3-2-4-9-16/h2-12H,13H2,1H3. The van der Waals surface area contributed by atoms with Gasteiger partial charge in [0.25, 0.3) is 0 Å². The largest absolute Gasteiger partial charge is 0.358 e. The summed E-state index contributed by atoms with van der Waals surface area (Å²) in [4.78, 5) is 17.2. The summed E-state index contributed by atoms with van der Waals surface area (Å²) in [5.41, 5.74) is 1.17. The van der Waals surface area contributed by atoms with Crippen LogP contribution in [0.15, 0.2) is 81.5 Å². The molecule has 0 fully saturated rings. The summed E-state index contributed by atoms with van der Waals surface area (Å²) in [6.45, 7) is 1.95. The summed E-state index contributed by atoms with van der Waals surface area (Å²) >= 11 is 7.61. The topological polar surface area (TPSA) is 94.6 Å². The third-order valence-electron chi connectivity index (χ3n) is 4.61. The molecule has 10 heteroatoms. The van der Waals surface area contributed by atoms with Crippen LogP contribution in [0.4, 0.5) is 5.82 Å². The lowest BCUT2D eigenvalue weighted by Crippen LogP contribution is -2.07. The summed E-state index contributed by atoms with van der Waals surface area (Å²) in [6.07, 6.45) is 1.38. The molecule has 0 saturated carbocycles. The van der Waals surface area contributed by atoms with Crippen molar-refractivity contribution in [2.45, 2.75) is 27.4 Å². The third-order valence-corrected chi connectivity index (χ3v) is 7.66. The number of aromatic nitrogens is 2. The molecule has 4 aromatic rings. The molecule has 2 aromatic carbocycles. The van der Waals surface area contributed by atoms with Crippen molar-refractivity contribution in [2.75, 3.05) is 0 Å². The maximum atomic E-state index is 12.8. The maximum Gasteiger partial charge on any atom is 0.352 e. The van der Waals surface area contributed by atoms with E-state index in [0.29, 0.717) is 4.90 Å². The third kappa shape index (κ3) is 4.30. The predicted molar refractivity (Wildman–Crippen MR) is 119 cm³/mol. The Morgan fingerprint density at radius 2 is 1.77 bits per heavy atom. The van der Waals surface area contributed by atoms with Gasteiger partial charge in [0.2, 0.25) is 5.65 Å². The Balaban J connectivity index is 1.86. The average molecular weight is 474 g/mol. The number of halogens is 1. The number of fused-ring (bicyclic) bond motifs is 1. The van der Waals surface area contributed by atoms with Crippen molar-refractivity contribution in [3.63, 3.8) is 0 Å². The Morgan fingerprint density at radius 1 is 1.10 bits per heavy atom. The van der Waals surface area contributed by atoms with Crippen LogP contribution in [0.5, 0.6) is 0 Å². The monoisotopic (exact) mass is 473 g/mol. The molecule has 2 heterocycles. The molecule has 0 amide bonds. The van der Waals surface area contributed by atoms with E-state index < -0.39 is 26.3 Å². The van der Waals surface area contributed by atoms with Crippen LogP contribution < -0.4 is 0 Å². The molecular weight excluding hydrogens is 458 g/mol. The first-order chi connectivity index (χ1) is 14.8. The van der Waals surface area contributed by atoms with Crippen LogP contribution in [-0.2, 0) is 15.6 Å². The zero-order chi connectivity index (χ0) is 22.2. The number of aryl methyl sites for hydroxylation is 1. The van der Waals surface area contributed by atoms with E-state index in [2.05, 4.69) is 4.98 Å². The molecule has 0 aliphatic rings. The zero-order valence-electron chi connectivity index (χ0n) is 16.2. The fourth-order valence-corrected chi connectivity index (χ4v) is 5.76. The Morgan fingerprint density at radius 3 is 2.45 bits per heavy atom. The normalized spacial score (nSPS) is 11.7. The van der Waals surface area contributed by atoms with Gasteiger partial charge in [-0.3, -0.25) is 0 Å². The molecule has 0 saturated heterocycles. The van der Waals surface area contributed by atoms with Gasteiger partial charge in [-0.15, -0.1) is 0 Å². The molecule has 0 spiro atoms. The fraction of sp³-hybridized carbons (Fsp3) is 0.0952. The van der Waals surface area contributed by atoms with Gasteiger partial charge >= 0.3 is 5.82 Å². The lowest BCUT2D eigenvalue weighted by atomic mass is 10.2. The molecule has 4 rings (SSSR count). The molecule has 0 aliphatic heterocycles. The average Bonchev–Trinajstić information content (AvgIpc) is 3.07. The summed E-state index contributed by atoms with van der Waals surface area (Å²) in [5, 5.41) is 12.1. The van der Waals surface area contributed by atoms with Crippen molar-refractivity contribution in [1.29, 1.82) is 0 Å². The van der Waals surface area contributed by atoms with E-state index in [4.69, 9.17) is 11.6 Å². The van der Waals surface area contributed by atoms with Gasteiger partial charge in [0.05, 0.1) is 14.8 Å². The van der Waals surface area contributed by atoms with Gasteiger partial charge in [-0.1, -0.05) is 59.8 Å². The predicted octanol–water partition coefficient (Wildman–Crippen LogP) is 5.33. The van der Waals surface area contributed by atoms with Crippen molar-refractivity contribution in [2.24, 2.45) is 0 Å². The van der Waals surface area contributed by atoms with Crippen molar-refractivity contribution in [1.82, 2.24) is 9.38 Å². The van der Waals surface area contributed by atoms with Crippen molar-refractivity contribution in [3.05, 3.63) is 93.3 Å². The van der Waals surface area contributed by atoms with E-state index in [9.17, 15) is 18.5 Å². The van der Waals surface area contributed by atoms with Crippen molar-refractivity contribution >= 4 is 44.7 Å². The van der Waals surface area contributed by atoms with Crippen molar-refractivity contribution in [3.8, 4) is 0 Å². The van der Waals surface area contributed by atoms with Gasteiger partial charge in [0.1, 0.15) is 11.9 Å². The highest BCUT2D eigenvalue weighted by atomic mass is 35.5. The first kappa shape index (κ1) is 21.4. The minimum absolute atomic E-state index is 0.0777. The van der Waals surface area contributed by atoms with Gasteiger partial charge in [0, 0.05) is 4.90 Å². The number of pyridine rings is 1.